The second-order valence-electron chi connectivity index (χ2n) is 2.42. The molecule has 1 aromatic heterocycles. The Labute approximate surface area is 84.4 Å². The smallest absolute Gasteiger partial charge is 0.355 e. The van der Waals surface area contributed by atoms with Gasteiger partial charge in [0.25, 0.3) is 0 Å². The largest absolute Gasteiger partial charge is 0.476 e. The summed E-state index contributed by atoms with van der Waals surface area (Å²) < 4.78 is 0. The van der Waals surface area contributed by atoms with Gasteiger partial charge in [0.05, 0.1) is 0 Å². The van der Waals surface area contributed by atoms with Gasteiger partial charge < -0.3 is 10.8 Å². The molecule has 6 heteroatoms. The van der Waals surface area contributed by atoms with Crippen LogP contribution in [0, 0.1) is 0 Å². The Hall–Kier alpha value is -0.810. The van der Waals surface area contributed by atoms with Crippen LogP contribution >= 0.6 is 22.9 Å². The maximum absolute atomic E-state index is 10.7. The molecule has 0 saturated heterocycles. The Bertz CT molecular complexity index is 313. The first-order chi connectivity index (χ1) is 6.15. The van der Waals surface area contributed by atoms with Gasteiger partial charge in [0.2, 0.25) is 0 Å². The monoisotopic (exact) mass is 220 g/mol. The number of halogens is 1. The first-order valence-corrected chi connectivity index (χ1v) is 5.04. The predicted molar refractivity (Wildman–Crippen MR) is 52.5 cm³/mol. The zero-order valence-corrected chi connectivity index (χ0v) is 8.36. The van der Waals surface area contributed by atoms with E-state index in [2.05, 4.69) is 4.98 Å². The molecule has 0 aliphatic carbocycles. The van der Waals surface area contributed by atoms with Gasteiger partial charge in [-0.3, -0.25) is 0 Å². The van der Waals surface area contributed by atoms with Crippen molar-refractivity contribution in [1.29, 1.82) is 0 Å². The van der Waals surface area contributed by atoms with Crippen molar-refractivity contribution in [2.75, 3.05) is 11.6 Å². The molecule has 0 aromatic carbocycles. The highest BCUT2D eigenvalue weighted by Gasteiger charge is 2.15. The third-order valence-electron chi connectivity index (χ3n) is 1.45. The average Bonchev–Trinajstić information content (AvgIpc) is 2.43. The van der Waals surface area contributed by atoms with Gasteiger partial charge in [-0.1, -0.05) is 0 Å². The lowest BCUT2D eigenvalue weighted by Crippen LogP contribution is -2.01. The fourth-order valence-corrected chi connectivity index (χ4v) is 1.93. The van der Waals surface area contributed by atoms with Crippen molar-refractivity contribution in [2.45, 2.75) is 12.8 Å². The summed E-state index contributed by atoms with van der Waals surface area (Å²) in [6.07, 6.45) is 1.36. The molecule has 0 spiro atoms. The quantitative estimate of drug-likeness (QED) is 0.756. The molecule has 0 saturated carbocycles. The molecule has 72 valence electrons. The number of carboxylic acids is 1. The molecular weight excluding hydrogens is 212 g/mol. The molecule has 0 unspecified atom stereocenters. The van der Waals surface area contributed by atoms with E-state index in [4.69, 9.17) is 22.4 Å². The van der Waals surface area contributed by atoms with E-state index in [1.54, 1.807) is 0 Å². The number of aromatic carboxylic acids is 1. The summed E-state index contributed by atoms with van der Waals surface area (Å²) in [5, 5.41) is 9.03. The Balaban J connectivity index is 2.84. The molecule has 0 amide bonds. The SMILES string of the molecule is Nc1nc(C(=O)O)c(CCCCl)s1. The van der Waals surface area contributed by atoms with E-state index in [9.17, 15) is 4.79 Å². The van der Waals surface area contributed by atoms with Crippen molar-refractivity contribution in [1.82, 2.24) is 4.98 Å². The van der Waals surface area contributed by atoms with Crippen LogP contribution in [0.5, 0.6) is 0 Å². The minimum atomic E-state index is -1.03. The van der Waals surface area contributed by atoms with Crippen LogP contribution in [-0.4, -0.2) is 21.9 Å². The summed E-state index contributed by atoms with van der Waals surface area (Å²) in [6.45, 7) is 0. The van der Waals surface area contributed by atoms with Crippen molar-refractivity contribution in [3.63, 3.8) is 0 Å². The number of nitrogen functional groups attached to an aromatic ring is 1. The Kier molecular flexibility index (Phi) is 3.50. The molecule has 0 aliphatic rings. The van der Waals surface area contributed by atoms with Crippen LogP contribution in [-0.2, 0) is 6.42 Å². The maximum atomic E-state index is 10.7. The van der Waals surface area contributed by atoms with Crippen LogP contribution in [0.25, 0.3) is 0 Å². The number of aryl methyl sites for hydroxylation is 1. The van der Waals surface area contributed by atoms with Gasteiger partial charge in [-0.05, 0) is 12.8 Å². The van der Waals surface area contributed by atoms with Crippen molar-refractivity contribution >= 4 is 34.0 Å². The summed E-state index contributed by atoms with van der Waals surface area (Å²) >= 11 is 6.71. The molecule has 1 heterocycles. The molecule has 0 aliphatic heterocycles. The van der Waals surface area contributed by atoms with Crippen LogP contribution in [0.15, 0.2) is 0 Å². The highest BCUT2D eigenvalue weighted by atomic mass is 35.5. The number of carbonyl (C=O) groups is 1. The van der Waals surface area contributed by atoms with Crippen molar-refractivity contribution in [3.8, 4) is 0 Å². The fraction of sp³-hybridized carbons (Fsp3) is 0.429. The first kappa shape index (κ1) is 10.3. The van der Waals surface area contributed by atoms with E-state index >= 15 is 0 Å². The Morgan fingerprint density at radius 2 is 2.38 bits per heavy atom. The number of rotatable bonds is 4. The normalized spacial score (nSPS) is 10.2. The van der Waals surface area contributed by atoms with Crippen LogP contribution in [0.2, 0.25) is 0 Å². The van der Waals surface area contributed by atoms with E-state index in [0.717, 1.165) is 6.42 Å². The minimum Gasteiger partial charge on any atom is -0.476 e. The molecule has 4 nitrogen and oxygen atoms in total. The van der Waals surface area contributed by atoms with E-state index in [0.29, 0.717) is 22.3 Å². The molecule has 13 heavy (non-hydrogen) atoms. The molecule has 1 rings (SSSR count). The van der Waals surface area contributed by atoms with Gasteiger partial charge in [-0.2, -0.15) is 0 Å². The average molecular weight is 221 g/mol. The lowest BCUT2D eigenvalue weighted by molar-refractivity contribution is 0.0690. The van der Waals surface area contributed by atoms with Crippen molar-refractivity contribution < 1.29 is 9.90 Å². The van der Waals surface area contributed by atoms with Crippen LogP contribution < -0.4 is 5.73 Å². The van der Waals surface area contributed by atoms with Crippen LogP contribution in [0.1, 0.15) is 21.8 Å². The van der Waals surface area contributed by atoms with Gasteiger partial charge in [0.15, 0.2) is 10.8 Å². The number of hydrogen-bond acceptors (Lipinski definition) is 4. The standard InChI is InChI=1S/C7H9ClN2O2S/c8-3-1-2-4-5(6(11)12)10-7(9)13-4/h1-3H2,(H2,9,10)(H,11,12). The van der Waals surface area contributed by atoms with Crippen molar-refractivity contribution in [3.05, 3.63) is 10.6 Å². The van der Waals surface area contributed by atoms with Gasteiger partial charge in [-0.15, -0.1) is 22.9 Å². The summed E-state index contributed by atoms with van der Waals surface area (Å²) in [6, 6.07) is 0. The first-order valence-electron chi connectivity index (χ1n) is 3.69. The van der Waals surface area contributed by atoms with E-state index in [-0.39, 0.29) is 5.69 Å². The topological polar surface area (TPSA) is 76.2 Å². The lowest BCUT2D eigenvalue weighted by atomic mass is 10.2. The molecule has 1 aromatic rings. The zero-order chi connectivity index (χ0) is 9.84. The number of nitrogens with zero attached hydrogens (tertiary/aromatic N) is 1. The molecule has 0 atom stereocenters. The Morgan fingerprint density at radius 1 is 1.69 bits per heavy atom. The highest BCUT2D eigenvalue weighted by molar-refractivity contribution is 7.15. The zero-order valence-electron chi connectivity index (χ0n) is 6.79. The number of anilines is 1. The van der Waals surface area contributed by atoms with Gasteiger partial charge >= 0.3 is 5.97 Å². The van der Waals surface area contributed by atoms with E-state index in [1.807, 2.05) is 0 Å². The van der Waals surface area contributed by atoms with Crippen LogP contribution in [0.3, 0.4) is 0 Å². The number of thiazole rings is 1. The number of hydrogen-bond donors (Lipinski definition) is 2. The Morgan fingerprint density at radius 3 is 2.92 bits per heavy atom. The van der Waals surface area contributed by atoms with Crippen molar-refractivity contribution in [2.24, 2.45) is 0 Å². The predicted octanol–water partition coefficient (Wildman–Crippen LogP) is 1.59. The molecule has 0 fully saturated rings. The van der Waals surface area contributed by atoms with Gasteiger partial charge in [-0.25, -0.2) is 9.78 Å². The van der Waals surface area contributed by atoms with Crippen LogP contribution in [0.4, 0.5) is 5.13 Å². The minimum absolute atomic E-state index is 0.0626. The molecule has 3 N–H and O–H groups in total. The van der Waals surface area contributed by atoms with E-state index in [1.165, 1.54) is 11.3 Å². The summed E-state index contributed by atoms with van der Waals surface area (Å²) in [7, 11) is 0. The van der Waals surface area contributed by atoms with Gasteiger partial charge in [0, 0.05) is 10.8 Å². The molecule has 0 bridgehead atoms. The third kappa shape index (κ3) is 2.57. The summed E-state index contributed by atoms with van der Waals surface area (Å²) in [5.74, 6) is -0.519. The fourth-order valence-electron chi connectivity index (χ4n) is 0.934. The second-order valence-corrected chi connectivity index (χ2v) is 3.91. The molecule has 0 radical (unpaired) electrons. The molecular formula is C7H9ClN2O2S. The summed E-state index contributed by atoms with van der Waals surface area (Å²) in [5.41, 5.74) is 5.46. The van der Waals surface area contributed by atoms with Gasteiger partial charge in [0.1, 0.15) is 0 Å². The highest BCUT2D eigenvalue weighted by Crippen LogP contribution is 2.22. The summed E-state index contributed by atoms with van der Waals surface area (Å²) in [4.78, 5) is 15.1. The number of nitrogens with two attached hydrogens (primary N) is 1. The number of carboxylic acid groups (broad SMARTS) is 1. The lowest BCUT2D eigenvalue weighted by Gasteiger charge is -1.94. The number of alkyl halides is 1. The number of aromatic nitrogens is 1. The van der Waals surface area contributed by atoms with E-state index < -0.39 is 5.97 Å². The second kappa shape index (κ2) is 4.43. The third-order valence-corrected chi connectivity index (χ3v) is 2.67. The maximum Gasteiger partial charge on any atom is 0.355 e.